The van der Waals surface area contributed by atoms with Crippen LogP contribution in [0.4, 0.5) is 0 Å². The van der Waals surface area contributed by atoms with E-state index in [0.29, 0.717) is 13.2 Å². The summed E-state index contributed by atoms with van der Waals surface area (Å²) in [5.41, 5.74) is 9.10. The highest BCUT2D eigenvalue weighted by Gasteiger charge is 2.04. The van der Waals surface area contributed by atoms with E-state index in [9.17, 15) is 0 Å². The molecule has 0 aliphatic carbocycles. The Kier molecular flexibility index (Phi) is 7.53. The Bertz CT molecular complexity index is 354. The summed E-state index contributed by atoms with van der Waals surface area (Å²) in [6.45, 7) is 9.11. The highest BCUT2D eigenvalue weighted by atomic mass is 16.5. The van der Waals surface area contributed by atoms with Crippen LogP contribution in [0.15, 0.2) is 12.1 Å². The van der Waals surface area contributed by atoms with Crippen molar-refractivity contribution in [2.24, 2.45) is 5.73 Å². The molecule has 0 unspecified atom stereocenters. The molecule has 0 aliphatic rings. The van der Waals surface area contributed by atoms with Gasteiger partial charge in [-0.2, -0.15) is 0 Å². The number of hydrogen-bond donors (Lipinski definition) is 1. The van der Waals surface area contributed by atoms with Gasteiger partial charge in [-0.25, -0.2) is 0 Å². The molecule has 1 aromatic rings. The Balaban J connectivity index is 2.19. The summed E-state index contributed by atoms with van der Waals surface area (Å²) >= 11 is 0. The van der Waals surface area contributed by atoms with Crippen molar-refractivity contribution < 1.29 is 9.47 Å². The molecule has 3 heteroatoms. The van der Waals surface area contributed by atoms with Crippen molar-refractivity contribution in [3.8, 4) is 5.75 Å². The molecule has 0 bridgehead atoms. The molecule has 0 saturated carbocycles. The normalized spacial score (nSPS) is 10.7. The molecule has 1 rings (SSSR count). The SMILES string of the molecule is Cc1cc(C)c(OCCOCCCCCN)c(C)c1. The van der Waals surface area contributed by atoms with Crippen molar-refractivity contribution in [1.29, 1.82) is 0 Å². The van der Waals surface area contributed by atoms with Gasteiger partial charge >= 0.3 is 0 Å². The predicted octanol–water partition coefficient (Wildman–Crippen LogP) is 3.14. The summed E-state index contributed by atoms with van der Waals surface area (Å²) in [5.74, 6) is 0.998. The fourth-order valence-electron chi connectivity index (χ4n) is 2.22. The molecule has 108 valence electrons. The maximum absolute atomic E-state index is 5.81. The van der Waals surface area contributed by atoms with Gasteiger partial charge in [0.2, 0.25) is 0 Å². The van der Waals surface area contributed by atoms with E-state index >= 15 is 0 Å². The first-order chi connectivity index (χ1) is 9.15. The monoisotopic (exact) mass is 265 g/mol. The molecule has 0 saturated heterocycles. The number of nitrogens with two attached hydrogens (primary N) is 1. The van der Waals surface area contributed by atoms with Crippen LogP contribution in [0.5, 0.6) is 5.75 Å². The van der Waals surface area contributed by atoms with Gasteiger partial charge in [-0.15, -0.1) is 0 Å². The van der Waals surface area contributed by atoms with Crippen LogP contribution in [0.2, 0.25) is 0 Å². The highest BCUT2D eigenvalue weighted by Crippen LogP contribution is 2.24. The molecule has 3 nitrogen and oxygen atoms in total. The van der Waals surface area contributed by atoms with E-state index in [1.807, 2.05) is 0 Å². The summed E-state index contributed by atoms with van der Waals surface area (Å²) < 4.78 is 11.3. The van der Waals surface area contributed by atoms with Gasteiger partial charge in [-0.05, 0) is 57.7 Å². The maximum Gasteiger partial charge on any atom is 0.125 e. The van der Waals surface area contributed by atoms with Crippen LogP contribution in [-0.2, 0) is 4.74 Å². The lowest BCUT2D eigenvalue weighted by molar-refractivity contribution is 0.0968. The van der Waals surface area contributed by atoms with Gasteiger partial charge < -0.3 is 15.2 Å². The smallest absolute Gasteiger partial charge is 0.125 e. The minimum absolute atomic E-state index is 0.613. The second kappa shape index (κ2) is 8.94. The summed E-state index contributed by atoms with van der Waals surface area (Å²) in [6, 6.07) is 4.30. The number of hydrogen-bond acceptors (Lipinski definition) is 3. The minimum Gasteiger partial charge on any atom is -0.491 e. The summed E-state index contributed by atoms with van der Waals surface area (Å²) in [4.78, 5) is 0. The van der Waals surface area contributed by atoms with E-state index < -0.39 is 0 Å². The summed E-state index contributed by atoms with van der Waals surface area (Å²) in [5, 5.41) is 0. The summed E-state index contributed by atoms with van der Waals surface area (Å²) in [6.07, 6.45) is 3.31. The number of rotatable bonds is 9. The topological polar surface area (TPSA) is 44.5 Å². The molecule has 0 aromatic heterocycles. The molecule has 0 spiro atoms. The van der Waals surface area contributed by atoms with Crippen LogP contribution in [0.1, 0.15) is 36.0 Å². The Hall–Kier alpha value is -1.06. The first-order valence-corrected chi connectivity index (χ1v) is 7.13. The van der Waals surface area contributed by atoms with Crippen LogP contribution in [0.25, 0.3) is 0 Å². The van der Waals surface area contributed by atoms with Crippen molar-refractivity contribution >= 4 is 0 Å². The minimum atomic E-state index is 0.613. The zero-order valence-electron chi connectivity index (χ0n) is 12.5. The zero-order chi connectivity index (χ0) is 14.1. The van der Waals surface area contributed by atoms with E-state index in [0.717, 1.165) is 38.2 Å². The molecule has 0 heterocycles. The third-order valence-corrected chi connectivity index (χ3v) is 3.07. The fraction of sp³-hybridized carbons (Fsp3) is 0.625. The van der Waals surface area contributed by atoms with E-state index in [4.69, 9.17) is 15.2 Å². The van der Waals surface area contributed by atoms with Crippen LogP contribution in [0, 0.1) is 20.8 Å². The molecule has 0 radical (unpaired) electrons. The van der Waals surface area contributed by atoms with Crippen molar-refractivity contribution in [1.82, 2.24) is 0 Å². The van der Waals surface area contributed by atoms with Gasteiger partial charge in [0.1, 0.15) is 12.4 Å². The fourth-order valence-corrected chi connectivity index (χ4v) is 2.22. The molecule has 1 aromatic carbocycles. The van der Waals surface area contributed by atoms with E-state index in [2.05, 4.69) is 32.9 Å². The molecule has 0 amide bonds. The summed E-state index contributed by atoms with van der Waals surface area (Å²) in [7, 11) is 0. The molecule has 0 aliphatic heterocycles. The first-order valence-electron chi connectivity index (χ1n) is 7.13. The van der Waals surface area contributed by atoms with Gasteiger partial charge in [0.25, 0.3) is 0 Å². The standard InChI is InChI=1S/C16H27NO2/c1-13-11-14(2)16(15(3)12-13)19-10-9-18-8-6-4-5-7-17/h11-12H,4-10,17H2,1-3H3. The number of benzene rings is 1. The third kappa shape index (κ3) is 6.08. The zero-order valence-corrected chi connectivity index (χ0v) is 12.5. The third-order valence-electron chi connectivity index (χ3n) is 3.07. The second-order valence-corrected chi connectivity index (χ2v) is 5.04. The van der Waals surface area contributed by atoms with Gasteiger partial charge in [0.05, 0.1) is 6.61 Å². The number of aryl methyl sites for hydroxylation is 3. The van der Waals surface area contributed by atoms with Gasteiger partial charge in [-0.3, -0.25) is 0 Å². The Morgan fingerprint density at radius 2 is 1.58 bits per heavy atom. The molecule has 0 atom stereocenters. The largest absolute Gasteiger partial charge is 0.491 e. The van der Waals surface area contributed by atoms with Crippen molar-refractivity contribution in [3.63, 3.8) is 0 Å². The lowest BCUT2D eigenvalue weighted by atomic mass is 10.1. The average molecular weight is 265 g/mol. The number of ether oxygens (including phenoxy) is 2. The van der Waals surface area contributed by atoms with Gasteiger partial charge in [-0.1, -0.05) is 17.7 Å². The molecule has 0 fully saturated rings. The lowest BCUT2D eigenvalue weighted by Gasteiger charge is -2.13. The van der Waals surface area contributed by atoms with Gasteiger partial charge in [0.15, 0.2) is 0 Å². The molecule has 2 N–H and O–H groups in total. The molecular weight excluding hydrogens is 238 g/mol. The van der Waals surface area contributed by atoms with Crippen molar-refractivity contribution in [2.75, 3.05) is 26.4 Å². The van der Waals surface area contributed by atoms with Crippen LogP contribution in [-0.4, -0.2) is 26.4 Å². The maximum atomic E-state index is 5.81. The van der Waals surface area contributed by atoms with Crippen molar-refractivity contribution in [2.45, 2.75) is 40.0 Å². The number of unbranched alkanes of at least 4 members (excludes halogenated alkanes) is 2. The Morgan fingerprint density at radius 1 is 0.895 bits per heavy atom. The van der Waals surface area contributed by atoms with Crippen LogP contribution < -0.4 is 10.5 Å². The van der Waals surface area contributed by atoms with E-state index in [1.54, 1.807) is 0 Å². The first kappa shape index (κ1) is 16.0. The average Bonchev–Trinajstić information content (AvgIpc) is 2.35. The van der Waals surface area contributed by atoms with Crippen LogP contribution >= 0.6 is 0 Å². The van der Waals surface area contributed by atoms with E-state index in [-0.39, 0.29) is 0 Å². The van der Waals surface area contributed by atoms with Gasteiger partial charge in [0, 0.05) is 6.61 Å². The lowest BCUT2D eigenvalue weighted by Crippen LogP contribution is -2.09. The quantitative estimate of drug-likeness (QED) is 0.698. The Morgan fingerprint density at radius 3 is 2.21 bits per heavy atom. The predicted molar refractivity (Wildman–Crippen MR) is 79.9 cm³/mol. The highest BCUT2D eigenvalue weighted by molar-refractivity contribution is 5.42. The van der Waals surface area contributed by atoms with Crippen molar-refractivity contribution in [3.05, 3.63) is 28.8 Å². The second-order valence-electron chi connectivity index (χ2n) is 5.04. The van der Waals surface area contributed by atoms with E-state index in [1.165, 1.54) is 16.7 Å². The molecule has 19 heavy (non-hydrogen) atoms. The Labute approximate surface area is 117 Å². The van der Waals surface area contributed by atoms with Crippen LogP contribution in [0.3, 0.4) is 0 Å². The molecular formula is C16H27NO2.